The highest BCUT2D eigenvalue weighted by atomic mass is 35.5. The minimum Gasteiger partial charge on any atom is -0.481 e. The van der Waals surface area contributed by atoms with Crippen molar-refractivity contribution >= 4 is 50.9 Å². The van der Waals surface area contributed by atoms with E-state index in [9.17, 15) is 4.79 Å². The second-order valence-electron chi connectivity index (χ2n) is 4.86. The second-order valence-corrected chi connectivity index (χ2v) is 7.24. The van der Waals surface area contributed by atoms with Gasteiger partial charge in [0.15, 0.2) is 0 Å². The Kier molecular flexibility index (Phi) is 5.15. The van der Waals surface area contributed by atoms with E-state index in [-0.39, 0.29) is 6.42 Å². The molecule has 0 fully saturated rings. The van der Waals surface area contributed by atoms with Crippen molar-refractivity contribution in [3.63, 3.8) is 0 Å². The molecule has 7 heteroatoms. The number of aliphatic carboxylic acids is 1. The highest BCUT2D eigenvalue weighted by Gasteiger charge is 2.13. The summed E-state index contributed by atoms with van der Waals surface area (Å²) in [6.07, 6.45) is 2.35. The van der Waals surface area contributed by atoms with Crippen LogP contribution in [0.5, 0.6) is 0 Å². The fraction of sp³-hybridized carbons (Fsp3) is 0.188. The molecule has 0 amide bonds. The van der Waals surface area contributed by atoms with Gasteiger partial charge >= 0.3 is 5.97 Å². The third-order valence-electron chi connectivity index (χ3n) is 3.26. The fourth-order valence-corrected chi connectivity index (χ4v) is 4.25. The molecule has 2 aromatic heterocycles. The Morgan fingerprint density at radius 3 is 2.78 bits per heavy atom. The van der Waals surface area contributed by atoms with Crippen LogP contribution in [0, 0.1) is 0 Å². The van der Waals surface area contributed by atoms with Gasteiger partial charge in [0.25, 0.3) is 0 Å². The molecule has 0 spiro atoms. The maximum absolute atomic E-state index is 10.6. The zero-order valence-corrected chi connectivity index (χ0v) is 14.4. The predicted molar refractivity (Wildman–Crippen MR) is 95.5 cm³/mol. The maximum atomic E-state index is 10.6. The van der Waals surface area contributed by atoms with Crippen molar-refractivity contribution in [2.24, 2.45) is 0 Å². The number of aromatic nitrogens is 2. The predicted octanol–water partition coefficient (Wildman–Crippen LogP) is 4.97. The molecule has 0 atom stereocenters. The van der Waals surface area contributed by atoms with Crippen molar-refractivity contribution in [2.75, 3.05) is 5.75 Å². The minimum absolute atomic E-state index is 0.176. The third-order valence-corrected chi connectivity index (χ3v) is 5.48. The number of hydrogen-bond donors (Lipinski definition) is 1. The lowest BCUT2D eigenvalue weighted by molar-refractivity contribution is -0.137. The molecule has 1 N–H and O–H groups in total. The molecule has 1 aromatic carbocycles. The molecule has 0 aliphatic heterocycles. The Morgan fingerprint density at radius 2 is 2.04 bits per heavy atom. The number of thioether (sulfide) groups is 1. The topological polar surface area (TPSA) is 63.1 Å². The molecule has 4 nitrogen and oxygen atoms in total. The van der Waals surface area contributed by atoms with Gasteiger partial charge in [-0.3, -0.25) is 4.79 Å². The van der Waals surface area contributed by atoms with E-state index in [1.165, 1.54) is 0 Å². The molecular weight excluding hydrogens is 352 g/mol. The van der Waals surface area contributed by atoms with Gasteiger partial charge in [-0.15, -0.1) is 23.1 Å². The molecular formula is C16H13ClN2O2S2. The van der Waals surface area contributed by atoms with E-state index < -0.39 is 5.97 Å². The highest BCUT2D eigenvalue weighted by molar-refractivity contribution is 7.99. The summed E-state index contributed by atoms with van der Waals surface area (Å²) in [5.41, 5.74) is 2.16. The smallest absolute Gasteiger partial charge is 0.303 e. The van der Waals surface area contributed by atoms with E-state index in [1.54, 1.807) is 29.4 Å². The Hall–Kier alpha value is -1.63. The van der Waals surface area contributed by atoms with Crippen LogP contribution in [0.3, 0.4) is 0 Å². The fourth-order valence-electron chi connectivity index (χ4n) is 2.19. The monoisotopic (exact) mass is 364 g/mol. The largest absolute Gasteiger partial charge is 0.481 e. The molecule has 0 bridgehead atoms. The number of nitrogens with zero attached hydrogens (tertiary/aromatic N) is 2. The quantitative estimate of drug-likeness (QED) is 0.380. The first-order chi connectivity index (χ1) is 11.1. The van der Waals surface area contributed by atoms with E-state index in [1.807, 2.05) is 24.3 Å². The molecule has 3 aromatic rings. The van der Waals surface area contributed by atoms with Gasteiger partial charge in [0.05, 0.1) is 5.39 Å². The zero-order valence-electron chi connectivity index (χ0n) is 12.0. The lowest BCUT2D eigenvalue weighted by Crippen LogP contribution is -1.95. The molecule has 0 unspecified atom stereocenters. The summed E-state index contributed by atoms with van der Waals surface area (Å²) in [5.74, 6) is -0.0512. The summed E-state index contributed by atoms with van der Waals surface area (Å²) in [7, 11) is 0. The van der Waals surface area contributed by atoms with Crippen molar-refractivity contribution in [3.05, 3.63) is 41.0 Å². The molecule has 3 rings (SSSR count). The zero-order chi connectivity index (χ0) is 16.2. The van der Waals surface area contributed by atoms with Gasteiger partial charge < -0.3 is 5.11 Å². The van der Waals surface area contributed by atoms with E-state index >= 15 is 0 Å². The standard InChI is InChI=1S/C16H13ClN2O2S2/c17-11-5-3-10(4-6-11)12-8-23-16-14(12)15(18-9-19-16)22-7-1-2-13(20)21/h3-6,8-9H,1-2,7H2,(H,20,21). The highest BCUT2D eigenvalue weighted by Crippen LogP contribution is 2.38. The van der Waals surface area contributed by atoms with E-state index in [2.05, 4.69) is 15.3 Å². The number of thiophene rings is 1. The number of carboxylic acid groups (broad SMARTS) is 1. The maximum Gasteiger partial charge on any atom is 0.303 e. The van der Waals surface area contributed by atoms with Gasteiger partial charge in [-0.25, -0.2) is 9.97 Å². The van der Waals surface area contributed by atoms with Gasteiger partial charge in [0.2, 0.25) is 0 Å². The van der Waals surface area contributed by atoms with Crippen LogP contribution in [-0.4, -0.2) is 26.8 Å². The van der Waals surface area contributed by atoms with Crippen molar-refractivity contribution in [2.45, 2.75) is 17.9 Å². The third kappa shape index (κ3) is 3.83. The summed E-state index contributed by atoms with van der Waals surface area (Å²) in [4.78, 5) is 20.3. The lowest BCUT2D eigenvalue weighted by Gasteiger charge is -2.05. The van der Waals surface area contributed by atoms with Gasteiger partial charge in [-0.2, -0.15) is 0 Å². The van der Waals surface area contributed by atoms with Crippen molar-refractivity contribution in [1.29, 1.82) is 0 Å². The van der Waals surface area contributed by atoms with Gasteiger partial charge in [0, 0.05) is 28.1 Å². The van der Waals surface area contributed by atoms with Crippen LogP contribution in [0.4, 0.5) is 0 Å². The molecule has 0 radical (unpaired) electrons. The summed E-state index contributed by atoms with van der Waals surface area (Å²) in [6.45, 7) is 0. The van der Waals surface area contributed by atoms with E-state index in [0.29, 0.717) is 17.2 Å². The summed E-state index contributed by atoms with van der Waals surface area (Å²) >= 11 is 9.11. The van der Waals surface area contributed by atoms with Crippen LogP contribution in [-0.2, 0) is 4.79 Å². The molecule has 0 saturated carbocycles. The second kappa shape index (κ2) is 7.29. The average Bonchev–Trinajstić information content (AvgIpc) is 2.97. The summed E-state index contributed by atoms with van der Waals surface area (Å²) < 4.78 is 0. The number of carbonyl (C=O) groups is 1. The van der Waals surface area contributed by atoms with Gasteiger partial charge in [0.1, 0.15) is 16.2 Å². The first-order valence-corrected chi connectivity index (χ1v) is 9.22. The molecule has 0 saturated heterocycles. The van der Waals surface area contributed by atoms with Crippen LogP contribution in [0.25, 0.3) is 21.3 Å². The number of fused-ring (bicyclic) bond motifs is 1. The number of rotatable bonds is 6. The summed E-state index contributed by atoms with van der Waals surface area (Å²) in [5, 5.41) is 13.4. The van der Waals surface area contributed by atoms with Crippen LogP contribution >= 0.6 is 34.7 Å². The van der Waals surface area contributed by atoms with Crippen LogP contribution in [0.15, 0.2) is 41.0 Å². The van der Waals surface area contributed by atoms with Gasteiger partial charge in [-0.1, -0.05) is 23.7 Å². The lowest BCUT2D eigenvalue weighted by atomic mass is 10.1. The van der Waals surface area contributed by atoms with Crippen LogP contribution in [0.2, 0.25) is 5.02 Å². The molecule has 0 aliphatic carbocycles. The number of hydrogen-bond acceptors (Lipinski definition) is 5. The molecule has 2 heterocycles. The van der Waals surface area contributed by atoms with Crippen LogP contribution in [0.1, 0.15) is 12.8 Å². The van der Waals surface area contributed by atoms with Crippen molar-refractivity contribution < 1.29 is 9.90 Å². The van der Waals surface area contributed by atoms with Crippen LogP contribution < -0.4 is 0 Å². The molecule has 23 heavy (non-hydrogen) atoms. The van der Waals surface area contributed by atoms with Crippen molar-refractivity contribution in [3.8, 4) is 11.1 Å². The number of halogens is 1. The Bertz CT molecular complexity index is 834. The average molecular weight is 365 g/mol. The normalized spacial score (nSPS) is 11.0. The Morgan fingerprint density at radius 1 is 1.26 bits per heavy atom. The first kappa shape index (κ1) is 16.2. The first-order valence-electron chi connectivity index (χ1n) is 6.98. The van der Waals surface area contributed by atoms with Gasteiger partial charge in [-0.05, 0) is 24.1 Å². The number of carboxylic acids is 1. The SMILES string of the molecule is O=C(O)CCCSc1ncnc2scc(-c3ccc(Cl)cc3)c12. The van der Waals surface area contributed by atoms with Crippen molar-refractivity contribution in [1.82, 2.24) is 9.97 Å². The Balaban J connectivity index is 1.91. The Labute approximate surface area is 146 Å². The van der Waals surface area contributed by atoms with E-state index in [0.717, 1.165) is 26.4 Å². The number of benzene rings is 1. The molecule has 0 aliphatic rings. The summed E-state index contributed by atoms with van der Waals surface area (Å²) in [6, 6.07) is 7.69. The van der Waals surface area contributed by atoms with E-state index in [4.69, 9.17) is 16.7 Å². The molecule has 118 valence electrons. The minimum atomic E-state index is -0.768.